The van der Waals surface area contributed by atoms with Crippen LogP contribution in [-0.4, -0.2) is 64.5 Å². The minimum absolute atomic E-state index is 0.00511. The van der Waals surface area contributed by atoms with Crippen molar-refractivity contribution in [2.24, 2.45) is 5.92 Å². The second-order valence-corrected chi connectivity index (χ2v) is 10.6. The van der Waals surface area contributed by atoms with E-state index in [0.717, 1.165) is 85.4 Å². The van der Waals surface area contributed by atoms with E-state index in [2.05, 4.69) is 14.4 Å². The maximum absolute atomic E-state index is 13.6. The molecule has 0 radical (unpaired) electrons. The van der Waals surface area contributed by atoms with Crippen molar-refractivity contribution in [1.29, 1.82) is 0 Å². The van der Waals surface area contributed by atoms with Crippen LogP contribution in [0.2, 0.25) is 5.02 Å². The van der Waals surface area contributed by atoms with Gasteiger partial charge in [-0.1, -0.05) is 23.7 Å². The van der Waals surface area contributed by atoms with Gasteiger partial charge in [0.15, 0.2) is 0 Å². The smallest absolute Gasteiger partial charge is 0.227 e. The number of para-hydroxylation sites is 2. The maximum Gasteiger partial charge on any atom is 0.227 e. The molecule has 0 unspecified atom stereocenters. The lowest BCUT2D eigenvalue weighted by atomic mass is 9.96. The first-order valence-corrected chi connectivity index (χ1v) is 13.7. The molecular formula is C30H31ClFN5O. The fourth-order valence-electron chi connectivity index (χ4n) is 5.76. The van der Waals surface area contributed by atoms with Crippen LogP contribution in [-0.2, 0) is 11.3 Å². The molecule has 0 N–H and O–H groups in total. The molecule has 2 aliphatic heterocycles. The fourth-order valence-corrected chi connectivity index (χ4v) is 5.88. The first kappa shape index (κ1) is 24.9. The van der Waals surface area contributed by atoms with Crippen molar-refractivity contribution in [3.63, 3.8) is 0 Å². The summed E-state index contributed by atoms with van der Waals surface area (Å²) in [6.45, 7) is 5.41. The predicted octanol–water partition coefficient (Wildman–Crippen LogP) is 5.38. The third kappa shape index (κ3) is 5.13. The van der Waals surface area contributed by atoms with Crippen molar-refractivity contribution in [3.8, 4) is 5.69 Å². The Morgan fingerprint density at radius 2 is 1.61 bits per heavy atom. The van der Waals surface area contributed by atoms with Crippen molar-refractivity contribution in [1.82, 2.24) is 19.4 Å². The number of piperidine rings is 1. The van der Waals surface area contributed by atoms with Gasteiger partial charge in [0.2, 0.25) is 5.91 Å². The van der Waals surface area contributed by atoms with Gasteiger partial charge < -0.3 is 9.80 Å². The fraction of sp³-hybridized carbons (Fsp3) is 0.333. The Balaban J connectivity index is 1.14. The van der Waals surface area contributed by atoms with E-state index in [1.807, 2.05) is 53.4 Å². The summed E-state index contributed by atoms with van der Waals surface area (Å²) in [4.78, 5) is 25.1. The van der Waals surface area contributed by atoms with Gasteiger partial charge in [-0.05, 0) is 80.1 Å². The highest BCUT2D eigenvalue weighted by atomic mass is 35.5. The largest absolute Gasteiger partial charge is 0.368 e. The summed E-state index contributed by atoms with van der Waals surface area (Å²) in [5, 5.41) is 0.734. The number of hydrogen-bond donors (Lipinski definition) is 0. The Labute approximate surface area is 227 Å². The minimum Gasteiger partial charge on any atom is -0.368 e. The van der Waals surface area contributed by atoms with E-state index in [0.29, 0.717) is 6.54 Å². The summed E-state index contributed by atoms with van der Waals surface area (Å²) in [6.07, 6.45) is 1.90. The maximum atomic E-state index is 13.6. The number of amides is 1. The third-order valence-electron chi connectivity index (χ3n) is 7.72. The lowest BCUT2D eigenvalue weighted by Gasteiger charge is -2.39. The van der Waals surface area contributed by atoms with Crippen molar-refractivity contribution < 1.29 is 9.18 Å². The molecule has 2 fully saturated rings. The van der Waals surface area contributed by atoms with Gasteiger partial charge in [0.05, 0.1) is 23.5 Å². The van der Waals surface area contributed by atoms with Crippen LogP contribution < -0.4 is 4.90 Å². The molecule has 2 saturated heterocycles. The van der Waals surface area contributed by atoms with Crippen LogP contribution in [0, 0.1) is 11.7 Å². The lowest BCUT2D eigenvalue weighted by Crippen LogP contribution is -2.52. The molecule has 6 rings (SSSR count). The minimum atomic E-state index is -0.258. The molecule has 6 nitrogen and oxygen atoms in total. The number of nitrogens with zero attached hydrogens (tertiary/aromatic N) is 5. The molecule has 1 aromatic heterocycles. The normalized spacial score (nSPS) is 18.7. The summed E-state index contributed by atoms with van der Waals surface area (Å²) in [5.74, 6) is 0.903. The zero-order chi connectivity index (χ0) is 26.1. The molecular weight excluding hydrogens is 501 g/mol. The first-order chi connectivity index (χ1) is 18.5. The molecule has 0 aliphatic carbocycles. The zero-order valence-electron chi connectivity index (χ0n) is 21.3. The van der Waals surface area contributed by atoms with E-state index in [1.165, 1.54) is 12.1 Å². The van der Waals surface area contributed by atoms with Gasteiger partial charge in [-0.2, -0.15) is 0 Å². The SMILES string of the molecule is O=C([C@H]1CCCN(Cc2nc3ccccc3n2-c2ccc(F)cc2)C1)N1CCN(c2ccc(Cl)cc2)CC1. The number of likely N-dealkylation sites (tertiary alicyclic amines) is 1. The van der Waals surface area contributed by atoms with E-state index >= 15 is 0 Å². The Hall–Kier alpha value is -3.42. The van der Waals surface area contributed by atoms with Crippen molar-refractivity contribution in [3.05, 3.63) is 89.5 Å². The summed E-state index contributed by atoms with van der Waals surface area (Å²) in [5.41, 5.74) is 3.94. The molecule has 3 aromatic carbocycles. The molecule has 0 saturated carbocycles. The monoisotopic (exact) mass is 531 g/mol. The highest BCUT2D eigenvalue weighted by Crippen LogP contribution is 2.26. The molecule has 1 amide bonds. The van der Waals surface area contributed by atoms with Crippen LogP contribution in [0.1, 0.15) is 18.7 Å². The molecule has 8 heteroatoms. The number of benzene rings is 3. The predicted molar refractivity (Wildman–Crippen MR) is 149 cm³/mol. The summed E-state index contributed by atoms with van der Waals surface area (Å²) in [6, 6.07) is 22.5. The number of aromatic nitrogens is 2. The number of hydrogen-bond acceptors (Lipinski definition) is 4. The van der Waals surface area contributed by atoms with Crippen molar-refractivity contribution in [2.75, 3.05) is 44.2 Å². The van der Waals surface area contributed by atoms with Crippen molar-refractivity contribution in [2.45, 2.75) is 19.4 Å². The summed E-state index contributed by atoms with van der Waals surface area (Å²) >= 11 is 6.04. The van der Waals surface area contributed by atoms with Crippen LogP contribution in [0.5, 0.6) is 0 Å². The summed E-state index contributed by atoms with van der Waals surface area (Å²) < 4.78 is 15.7. The molecule has 196 valence electrons. The number of anilines is 1. The van der Waals surface area contributed by atoms with Crippen LogP contribution in [0.4, 0.5) is 10.1 Å². The average molecular weight is 532 g/mol. The van der Waals surface area contributed by atoms with Crippen LogP contribution >= 0.6 is 11.6 Å². The van der Waals surface area contributed by atoms with Gasteiger partial charge in [-0.3, -0.25) is 14.3 Å². The van der Waals surface area contributed by atoms with E-state index < -0.39 is 0 Å². The van der Waals surface area contributed by atoms with Gasteiger partial charge >= 0.3 is 0 Å². The second-order valence-electron chi connectivity index (χ2n) is 10.2. The molecule has 1 atom stereocenters. The van der Waals surface area contributed by atoms with Gasteiger partial charge in [0.25, 0.3) is 0 Å². The second kappa shape index (κ2) is 10.8. The molecule has 0 spiro atoms. The average Bonchev–Trinajstić information content (AvgIpc) is 3.31. The molecule has 38 heavy (non-hydrogen) atoms. The highest BCUT2D eigenvalue weighted by Gasteiger charge is 2.31. The number of piperazine rings is 1. The Morgan fingerprint density at radius 3 is 2.37 bits per heavy atom. The number of rotatable bonds is 5. The molecule has 2 aliphatic rings. The Morgan fingerprint density at radius 1 is 0.895 bits per heavy atom. The number of fused-ring (bicyclic) bond motifs is 1. The quantitative estimate of drug-likeness (QED) is 0.347. The Bertz CT molecular complexity index is 1410. The van der Waals surface area contributed by atoms with Crippen LogP contribution in [0.25, 0.3) is 16.7 Å². The number of carbonyl (C=O) groups is 1. The Kier molecular flexibility index (Phi) is 7.04. The lowest BCUT2D eigenvalue weighted by molar-refractivity contribution is -0.137. The van der Waals surface area contributed by atoms with E-state index in [1.54, 1.807) is 12.1 Å². The highest BCUT2D eigenvalue weighted by molar-refractivity contribution is 6.30. The zero-order valence-corrected chi connectivity index (χ0v) is 22.0. The van der Waals surface area contributed by atoms with Gasteiger partial charge in [-0.15, -0.1) is 0 Å². The third-order valence-corrected chi connectivity index (χ3v) is 7.97. The topological polar surface area (TPSA) is 44.6 Å². The molecule has 3 heterocycles. The number of carbonyl (C=O) groups excluding carboxylic acids is 1. The van der Waals surface area contributed by atoms with E-state index in [-0.39, 0.29) is 17.6 Å². The van der Waals surface area contributed by atoms with E-state index in [4.69, 9.17) is 16.6 Å². The number of imidazole rings is 1. The van der Waals surface area contributed by atoms with E-state index in [9.17, 15) is 9.18 Å². The van der Waals surface area contributed by atoms with Gasteiger partial charge in [0.1, 0.15) is 11.6 Å². The van der Waals surface area contributed by atoms with Crippen LogP contribution in [0.3, 0.4) is 0 Å². The summed E-state index contributed by atoms with van der Waals surface area (Å²) in [7, 11) is 0. The molecule has 4 aromatic rings. The van der Waals surface area contributed by atoms with Gasteiger partial charge in [0, 0.05) is 49.1 Å². The van der Waals surface area contributed by atoms with Crippen LogP contribution in [0.15, 0.2) is 72.8 Å². The molecule has 0 bridgehead atoms. The first-order valence-electron chi connectivity index (χ1n) is 13.3. The number of halogens is 2. The standard InChI is InChI=1S/C30H31ClFN5O/c31-23-7-11-25(12-8-23)35-16-18-36(19-17-35)30(38)22-4-3-15-34(20-22)21-29-33-27-5-1-2-6-28(27)37(29)26-13-9-24(32)10-14-26/h1-2,5-14,22H,3-4,15-21H2/t22-/m0/s1. The van der Waals surface area contributed by atoms with Gasteiger partial charge in [-0.25, -0.2) is 9.37 Å². The van der Waals surface area contributed by atoms with Crippen molar-refractivity contribution >= 4 is 34.2 Å².